The van der Waals surface area contributed by atoms with Crippen LogP contribution in [0.3, 0.4) is 0 Å². The van der Waals surface area contributed by atoms with Crippen LogP contribution < -0.4 is 10.1 Å². The average molecular weight is 339 g/mol. The Balaban J connectivity index is 2.18. The molecule has 0 bridgehead atoms. The zero-order valence-corrected chi connectivity index (χ0v) is 15.5. The Morgan fingerprint density at radius 1 is 1.24 bits per heavy atom. The Bertz CT molecular complexity index is 885. The molecule has 0 spiro atoms. The van der Waals surface area contributed by atoms with Crippen molar-refractivity contribution in [3.63, 3.8) is 0 Å². The van der Waals surface area contributed by atoms with Crippen LogP contribution in [0.4, 0.5) is 5.69 Å². The standard InChI is InChI=1S/C19H25N5O/c1-6-19(4,5)22-15-11-14(21-16-12(3)23-24-17(15)16)13-9-8-10-20-18(13)25-7-2/h8-11H,6-7H2,1-5H3,(H,21,22)(H,23,24). The molecule has 0 amide bonds. The number of pyridine rings is 2. The molecule has 0 saturated heterocycles. The van der Waals surface area contributed by atoms with E-state index in [1.165, 1.54) is 0 Å². The Kier molecular flexibility index (Phi) is 4.61. The van der Waals surface area contributed by atoms with Crippen LogP contribution in [0.5, 0.6) is 5.88 Å². The smallest absolute Gasteiger partial charge is 0.222 e. The van der Waals surface area contributed by atoms with Crippen molar-refractivity contribution in [3.8, 4) is 17.1 Å². The maximum Gasteiger partial charge on any atom is 0.222 e. The van der Waals surface area contributed by atoms with Crippen molar-refractivity contribution >= 4 is 16.7 Å². The molecule has 3 aromatic heterocycles. The number of aryl methyl sites for hydroxylation is 1. The van der Waals surface area contributed by atoms with Gasteiger partial charge in [-0.05, 0) is 52.3 Å². The van der Waals surface area contributed by atoms with E-state index in [0.29, 0.717) is 12.5 Å². The Hall–Kier alpha value is -2.63. The molecule has 2 N–H and O–H groups in total. The minimum Gasteiger partial charge on any atom is -0.477 e. The summed E-state index contributed by atoms with van der Waals surface area (Å²) in [6, 6.07) is 5.91. The number of fused-ring (bicyclic) bond motifs is 1. The second kappa shape index (κ2) is 6.70. The van der Waals surface area contributed by atoms with Crippen LogP contribution >= 0.6 is 0 Å². The molecule has 0 atom stereocenters. The zero-order valence-electron chi connectivity index (χ0n) is 15.5. The van der Waals surface area contributed by atoms with E-state index in [9.17, 15) is 0 Å². The minimum absolute atomic E-state index is 0.0455. The first-order valence-electron chi connectivity index (χ1n) is 8.67. The van der Waals surface area contributed by atoms with Gasteiger partial charge < -0.3 is 10.1 Å². The highest BCUT2D eigenvalue weighted by Crippen LogP contribution is 2.33. The summed E-state index contributed by atoms with van der Waals surface area (Å²) in [6.45, 7) is 11.0. The first-order valence-corrected chi connectivity index (χ1v) is 8.67. The van der Waals surface area contributed by atoms with E-state index in [0.717, 1.165) is 40.1 Å². The third-order valence-corrected chi connectivity index (χ3v) is 4.37. The number of aromatic amines is 1. The number of aromatic nitrogens is 4. The van der Waals surface area contributed by atoms with E-state index in [-0.39, 0.29) is 5.54 Å². The van der Waals surface area contributed by atoms with Crippen LogP contribution in [-0.2, 0) is 0 Å². The number of anilines is 1. The van der Waals surface area contributed by atoms with Gasteiger partial charge in [-0.3, -0.25) is 5.10 Å². The number of ether oxygens (including phenoxy) is 1. The number of H-pyrrole nitrogens is 1. The van der Waals surface area contributed by atoms with Gasteiger partial charge in [-0.25, -0.2) is 9.97 Å². The molecule has 132 valence electrons. The molecule has 0 unspecified atom stereocenters. The van der Waals surface area contributed by atoms with Crippen LogP contribution in [0.2, 0.25) is 0 Å². The van der Waals surface area contributed by atoms with Gasteiger partial charge in [0.1, 0.15) is 11.0 Å². The molecule has 6 nitrogen and oxygen atoms in total. The molecular formula is C19H25N5O. The van der Waals surface area contributed by atoms with E-state index in [4.69, 9.17) is 9.72 Å². The fraction of sp³-hybridized carbons (Fsp3) is 0.421. The average Bonchev–Trinajstić information content (AvgIpc) is 2.97. The number of hydrogen-bond acceptors (Lipinski definition) is 5. The highest BCUT2D eigenvalue weighted by atomic mass is 16.5. The highest BCUT2D eigenvalue weighted by Gasteiger charge is 2.20. The summed E-state index contributed by atoms with van der Waals surface area (Å²) in [7, 11) is 0. The number of nitrogens with zero attached hydrogens (tertiary/aromatic N) is 3. The fourth-order valence-corrected chi connectivity index (χ4v) is 2.63. The third kappa shape index (κ3) is 3.43. The molecule has 0 aliphatic rings. The van der Waals surface area contributed by atoms with Crippen molar-refractivity contribution in [1.82, 2.24) is 20.2 Å². The van der Waals surface area contributed by atoms with E-state index in [2.05, 4.69) is 41.3 Å². The summed E-state index contributed by atoms with van der Waals surface area (Å²) in [4.78, 5) is 9.16. The van der Waals surface area contributed by atoms with Crippen molar-refractivity contribution in [2.45, 2.75) is 46.6 Å². The lowest BCUT2D eigenvalue weighted by Gasteiger charge is -2.26. The second-order valence-electron chi connectivity index (χ2n) is 6.75. The first kappa shape index (κ1) is 17.2. The summed E-state index contributed by atoms with van der Waals surface area (Å²) in [5.74, 6) is 0.596. The van der Waals surface area contributed by atoms with Gasteiger partial charge in [-0.2, -0.15) is 5.10 Å². The van der Waals surface area contributed by atoms with Crippen LogP contribution in [0.1, 0.15) is 39.8 Å². The summed E-state index contributed by atoms with van der Waals surface area (Å²) < 4.78 is 5.68. The van der Waals surface area contributed by atoms with Gasteiger partial charge in [0.15, 0.2) is 0 Å². The number of rotatable bonds is 6. The van der Waals surface area contributed by atoms with E-state index in [1.807, 2.05) is 32.0 Å². The monoisotopic (exact) mass is 339 g/mol. The van der Waals surface area contributed by atoms with Crippen LogP contribution in [0, 0.1) is 6.92 Å². The van der Waals surface area contributed by atoms with Crippen LogP contribution in [0.15, 0.2) is 24.4 Å². The van der Waals surface area contributed by atoms with Crippen molar-refractivity contribution in [1.29, 1.82) is 0 Å². The SMILES string of the molecule is CCOc1ncccc1-c1cc(NC(C)(C)CC)c2n[nH]c(C)c2n1. The lowest BCUT2D eigenvalue weighted by molar-refractivity contribution is 0.328. The molecule has 3 heterocycles. The summed E-state index contributed by atoms with van der Waals surface area (Å²) in [5, 5.41) is 11.1. The summed E-state index contributed by atoms with van der Waals surface area (Å²) in [5.41, 5.74) is 5.27. The molecule has 3 rings (SSSR count). The molecule has 0 saturated carbocycles. The normalized spacial score (nSPS) is 11.7. The van der Waals surface area contributed by atoms with Crippen molar-refractivity contribution in [2.75, 3.05) is 11.9 Å². The van der Waals surface area contributed by atoms with E-state index < -0.39 is 0 Å². The number of hydrogen-bond donors (Lipinski definition) is 2. The quantitative estimate of drug-likeness (QED) is 0.699. The van der Waals surface area contributed by atoms with Crippen LogP contribution in [0.25, 0.3) is 22.3 Å². The number of nitrogens with one attached hydrogen (secondary N) is 2. The third-order valence-electron chi connectivity index (χ3n) is 4.37. The molecule has 25 heavy (non-hydrogen) atoms. The maximum atomic E-state index is 5.68. The van der Waals surface area contributed by atoms with E-state index >= 15 is 0 Å². The van der Waals surface area contributed by atoms with E-state index in [1.54, 1.807) is 6.20 Å². The maximum absolute atomic E-state index is 5.68. The van der Waals surface area contributed by atoms with Crippen molar-refractivity contribution in [3.05, 3.63) is 30.1 Å². The Morgan fingerprint density at radius 2 is 2.04 bits per heavy atom. The Morgan fingerprint density at radius 3 is 2.76 bits per heavy atom. The molecule has 3 aromatic rings. The van der Waals surface area contributed by atoms with Gasteiger partial charge in [0, 0.05) is 11.7 Å². The molecule has 0 radical (unpaired) electrons. The minimum atomic E-state index is -0.0455. The fourth-order valence-electron chi connectivity index (χ4n) is 2.63. The molecule has 6 heteroatoms. The summed E-state index contributed by atoms with van der Waals surface area (Å²) >= 11 is 0. The molecular weight excluding hydrogens is 314 g/mol. The first-order chi connectivity index (χ1) is 11.9. The lowest BCUT2D eigenvalue weighted by atomic mass is 10.0. The summed E-state index contributed by atoms with van der Waals surface area (Å²) in [6.07, 6.45) is 2.72. The second-order valence-corrected chi connectivity index (χ2v) is 6.75. The lowest BCUT2D eigenvalue weighted by Crippen LogP contribution is -2.29. The topological polar surface area (TPSA) is 75.7 Å². The van der Waals surface area contributed by atoms with Crippen molar-refractivity contribution in [2.24, 2.45) is 0 Å². The van der Waals surface area contributed by atoms with Crippen LogP contribution in [-0.4, -0.2) is 32.3 Å². The molecule has 0 aromatic carbocycles. The zero-order chi connectivity index (χ0) is 18.0. The molecule has 0 aliphatic carbocycles. The van der Waals surface area contributed by atoms with Gasteiger partial charge in [-0.1, -0.05) is 6.92 Å². The molecule has 0 fully saturated rings. The van der Waals surface area contributed by atoms with Gasteiger partial charge in [0.05, 0.1) is 29.2 Å². The van der Waals surface area contributed by atoms with Gasteiger partial charge in [0.2, 0.25) is 5.88 Å². The molecule has 0 aliphatic heterocycles. The largest absolute Gasteiger partial charge is 0.477 e. The predicted molar refractivity (Wildman–Crippen MR) is 101 cm³/mol. The predicted octanol–water partition coefficient (Wildman–Crippen LogP) is 4.33. The van der Waals surface area contributed by atoms with Gasteiger partial charge in [-0.15, -0.1) is 0 Å². The van der Waals surface area contributed by atoms with Gasteiger partial charge in [0.25, 0.3) is 0 Å². The highest BCUT2D eigenvalue weighted by molar-refractivity contribution is 5.92. The van der Waals surface area contributed by atoms with Gasteiger partial charge >= 0.3 is 0 Å². The Labute approximate surface area is 148 Å². The van der Waals surface area contributed by atoms with Crippen molar-refractivity contribution < 1.29 is 4.74 Å².